The highest BCUT2D eigenvalue weighted by Crippen LogP contribution is 2.47. The number of carbonyl (C=O) groups excluding carboxylic acids is 1. The second kappa shape index (κ2) is 10.7. The Bertz CT molecular complexity index is 633. The van der Waals surface area contributed by atoms with Gasteiger partial charge in [0.05, 0.1) is 18.3 Å². The zero-order chi connectivity index (χ0) is 19.8. The highest BCUT2D eigenvalue weighted by molar-refractivity contribution is 5.74. The van der Waals surface area contributed by atoms with E-state index in [1.807, 2.05) is 18.2 Å². The normalized spacial score (nSPS) is 27.4. The molecule has 0 aliphatic carbocycles. The molecule has 154 valence electrons. The summed E-state index contributed by atoms with van der Waals surface area (Å²) >= 11 is 0. The Hall–Kier alpha value is -1.69. The van der Waals surface area contributed by atoms with Crippen LogP contribution in [-0.4, -0.2) is 34.5 Å². The van der Waals surface area contributed by atoms with E-state index < -0.39 is 0 Å². The van der Waals surface area contributed by atoms with Crippen LogP contribution in [-0.2, 0) is 16.0 Å². The molecule has 1 amide bonds. The van der Waals surface area contributed by atoms with Gasteiger partial charge in [0, 0.05) is 6.42 Å². The maximum absolute atomic E-state index is 11.0. The summed E-state index contributed by atoms with van der Waals surface area (Å²) < 4.78 is 6.18. The molecule has 5 atom stereocenters. The number of ether oxygens (including phenoxy) is 1. The second-order valence-electron chi connectivity index (χ2n) is 8.17. The van der Waals surface area contributed by atoms with E-state index in [0.717, 1.165) is 44.9 Å². The number of nitrogens with one attached hydrogen (secondary N) is 1. The lowest BCUT2D eigenvalue weighted by Gasteiger charge is -2.28. The predicted molar refractivity (Wildman–Crippen MR) is 108 cm³/mol. The van der Waals surface area contributed by atoms with E-state index in [9.17, 15) is 9.90 Å². The molecule has 3 N–H and O–H groups in total. The number of hydrogen-bond donors (Lipinski definition) is 3. The molecule has 28 heavy (non-hydrogen) atoms. The van der Waals surface area contributed by atoms with Crippen molar-refractivity contribution >= 4 is 5.91 Å². The number of rotatable bonds is 11. The predicted octanol–water partition coefficient (Wildman–Crippen LogP) is 3.79. The minimum Gasteiger partial charge on any atom is -0.393 e. The maximum atomic E-state index is 11.0. The molecule has 0 radical (unpaired) electrons. The molecule has 2 heterocycles. The zero-order valence-electron chi connectivity index (χ0n) is 16.5. The maximum Gasteiger partial charge on any atom is 0.243 e. The first-order chi connectivity index (χ1) is 13.7. The van der Waals surface area contributed by atoms with Crippen molar-refractivity contribution in [3.63, 3.8) is 0 Å². The Kier molecular flexibility index (Phi) is 8.07. The lowest BCUT2D eigenvalue weighted by atomic mass is 9.75. The van der Waals surface area contributed by atoms with Gasteiger partial charge < -0.3 is 9.84 Å². The van der Waals surface area contributed by atoms with Gasteiger partial charge in [0.25, 0.3) is 0 Å². The number of amides is 1. The first-order valence-electron chi connectivity index (χ1n) is 10.6. The fourth-order valence-electron chi connectivity index (χ4n) is 4.78. The molecule has 3 rings (SSSR count). The fourth-order valence-corrected chi connectivity index (χ4v) is 4.78. The van der Waals surface area contributed by atoms with E-state index in [1.54, 1.807) is 5.48 Å². The van der Waals surface area contributed by atoms with Crippen LogP contribution in [0, 0.1) is 11.8 Å². The molecule has 1 unspecified atom stereocenters. The van der Waals surface area contributed by atoms with E-state index in [1.165, 1.54) is 5.56 Å². The Balaban J connectivity index is 1.42. The third-order valence-electron chi connectivity index (χ3n) is 6.21. The van der Waals surface area contributed by atoms with Crippen molar-refractivity contribution in [2.75, 3.05) is 0 Å². The van der Waals surface area contributed by atoms with Gasteiger partial charge in [-0.3, -0.25) is 10.0 Å². The van der Waals surface area contributed by atoms with E-state index >= 15 is 0 Å². The Morgan fingerprint density at radius 3 is 2.68 bits per heavy atom. The number of unbranched alkanes of at least 4 members (excludes halogenated alkanes) is 1. The van der Waals surface area contributed by atoms with Gasteiger partial charge in [-0.2, -0.15) is 0 Å². The molecule has 1 aromatic carbocycles. The van der Waals surface area contributed by atoms with Gasteiger partial charge in [-0.15, -0.1) is 0 Å². The number of fused-ring (bicyclic) bond motifs is 2. The summed E-state index contributed by atoms with van der Waals surface area (Å²) in [5.74, 6) is 0.748. The lowest BCUT2D eigenvalue weighted by molar-refractivity contribution is -0.129. The number of carbonyl (C=O) groups is 1. The molecular formula is C23H33NO4. The number of benzene rings is 1. The summed E-state index contributed by atoms with van der Waals surface area (Å²) in [7, 11) is 0. The summed E-state index contributed by atoms with van der Waals surface area (Å²) in [6, 6.07) is 10.2. The average molecular weight is 388 g/mol. The highest BCUT2D eigenvalue weighted by atomic mass is 16.5. The average Bonchev–Trinajstić information content (AvgIpc) is 3.31. The number of hydrogen-bond acceptors (Lipinski definition) is 4. The Labute approximate surface area is 167 Å². The molecular weight excluding hydrogens is 354 g/mol. The first-order valence-corrected chi connectivity index (χ1v) is 10.6. The summed E-state index contributed by atoms with van der Waals surface area (Å²) in [5.41, 5.74) is 2.85. The van der Waals surface area contributed by atoms with Gasteiger partial charge in [0.1, 0.15) is 0 Å². The van der Waals surface area contributed by atoms with Crippen LogP contribution in [0.2, 0.25) is 0 Å². The molecule has 2 fully saturated rings. The number of hydroxylamine groups is 1. The van der Waals surface area contributed by atoms with E-state index in [0.29, 0.717) is 36.9 Å². The van der Waals surface area contributed by atoms with Gasteiger partial charge >= 0.3 is 0 Å². The summed E-state index contributed by atoms with van der Waals surface area (Å²) in [6.07, 6.45) is 12.6. The SMILES string of the molecule is O=C(CCC/C=C\C[C@H]1[C@@H](CCC(O)Cc2ccccc2)[C@H]2CC[C@@H]1O2)NO. The summed E-state index contributed by atoms with van der Waals surface area (Å²) in [5, 5.41) is 18.9. The highest BCUT2D eigenvalue weighted by Gasteiger charge is 2.47. The van der Waals surface area contributed by atoms with Crippen LogP contribution in [0.3, 0.4) is 0 Å². The monoisotopic (exact) mass is 387 g/mol. The fraction of sp³-hybridized carbons (Fsp3) is 0.609. The van der Waals surface area contributed by atoms with Crippen LogP contribution < -0.4 is 5.48 Å². The molecule has 5 nitrogen and oxygen atoms in total. The van der Waals surface area contributed by atoms with E-state index in [4.69, 9.17) is 9.94 Å². The van der Waals surface area contributed by atoms with Crippen molar-refractivity contribution in [2.45, 2.75) is 76.1 Å². The topological polar surface area (TPSA) is 78.8 Å². The third-order valence-corrected chi connectivity index (χ3v) is 6.21. The Morgan fingerprint density at radius 2 is 1.93 bits per heavy atom. The second-order valence-corrected chi connectivity index (χ2v) is 8.17. The number of aliphatic hydroxyl groups excluding tert-OH is 1. The smallest absolute Gasteiger partial charge is 0.243 e. The molecule has 0 spiro atoms. The molecule has 5 heteroatoms. The van der Waals surface area contributed by atoms with Crippen LogP contribution in [0.4, 0.5) is 0 Å². The van der Waals surface area contributed by atoms with Crippen molar-refractivity contribution in [2.24, 2.45) is 11.8 Å². The van der Waals surface area contributed by atoms with Crippen LogP contribution in [0.5, 0.6) is 0 Å². The molecule has 0 saturated carbocycles. The van der Waals surface area contributed by atoms with E-state index in [-0.39, 0.29) is 12.0 Å². The quantitative estimate of drug-likeness (QED) is 0.234. The molecule has 2 aliphatic rings. The summed E-state index contributed by atoms with van der Waals surface area (Å²) in [6.45, 7) is 0. The third kappa shape index (κ3) is 5.90. The minimum atomic E-state index is -0.330. The van der Waals surface area contributed by atoms with Crippen LogP contribution >= 0.6 is 0 Å². The number of allylic oxidation sites excluding steroid dienone is 2. The number of aliphatic hydroxyl groups is 1. The standard InChI is InChI=1S/C23H33NO4/c25-18(16-17-8-4-3-5-9-17)12-13-20-19(21-14-15-22(20)28-21)10-6-1-2-7-11-23(26)24-27/h1,3-6,8-9,18-22,25,27H,2,7,10-16H2,(H,24,26)/b6-1-/t18?,19-,20+,21-,22+/m0/s1. The van der Waals surface area contributed by atoms with Crippen molar-refractivity contribution in [1.82, 2.24) is 5.48 Å². The molecule has 2 saturated heterocycles. The summed E-state index contributed by atoms with van der Waals surface area (Å²) in [4.78, 5) is 11.0. The molecule has 2 aliphatic heterocycles. The zero-order valence-corrected chi connectivity index (χ0v) is 16.5. The van der Waals surface area contributed by atoms with Crippen molar-refractivity contribution in [3.8, 4) is 0 Å². The van der Waals surface area contributed by atoms with E-state index in [2.05, 4.69) is 24.3 Å². The van der Waals surface area contributed by atoms with Crippen molar-refractivity contribution < 1.29 is 19.8 Å². The van der Waals surface area contributed by atoms with Gasteiger partial charge in [-0.25, -0.2) is 5.48 Å². The van der Waals surface area contributed by atoms with Crippen LogP contribution in [0.25, 0.3) is 0 Å². The van der Waals surface area contributed by atoms with Crippen LogP contribution in [0.1, 0.15) is 56.9 Å². The first kappa shape index (κ1) is 21.0. The molecule has 1 aromatic rings. The van der Waals surface area contributed by atoms with Gasteiger partial charge in [-0.1, -0.05) is 42.5 Å². The minimum absolute atomic E-state index is 0.296. The molecule has 0 aromatic heterocycles. The van der Waals surface area contributed by atoms with Gasteiger partial charge in [0.2, 0.25) is 5.91 Å². The Morgan fingerprint density at radius 1 is 1.18 bits per heavy atom. The van der Waals surface area contributed by atoms with Gasteiger partial charge in [-0.05, 0) is 68.8 Å². The molecule has 2 bridgehead atoms. The van der Waals surface area contributed by atoms with Gasteiger partial charge in [0.15, 0.2) is 0 Å². The lowest BCUT2D eigenvalue weighted by Crippen LogP contribution is -2.28. The van der Waals surface area contributed by atoms with Crippen molar-refractivity contribution in [3.05, 3.63) is 48.0 Å². The van der Waals surface area contributed by atoms with Crippen LogP contribution in [0.15, 0.2) is 42.5 Å². The van der Waals surface area contributed by atoms with Crippen molar-refractivity contribution in [1.29, 1.82) is 0 Å². The largest absolute Gasteiger partial charge is 0.393 e.